The number of nitrogens with zero attached hydrogens (tertiary/aromatic N) is 5. The number of rotatable bonds is 7. The lowest BCUT2D eigenvalue weighted by molar-refractivity contribution is -0.0354. The fraction of sp³-hybridized carbons (Fsp3) is 0.688. The van der Waals surface area contributed by atoms with Gasteiger partial charge in [-0.1, -0.05) is 0 Å². The third kappa shape index (κ3) is 5.01. The van der Waals surface area contributed by atoms with E-state index in [0.717, 1.165) is 25.9 Å². The second-order valence-corrected chi connectivity index (χ2v) is 13.0. The Labute approximate surface area is 187 Å². The summed E-state index contributed by atoms with van der Waals surface area (Å²) in [6, 6.07) is 0. The Morgan fingerprint density at radius 3 is 2.47 bits per heavy atom. The third-order valence-corrected chi connectivity index (χ3v) is 9.93. The van der Waals surface area contributed by atoms with Gasteiger partial charge in [-0.25, -0.2) is 4.98 Å². The summed E-state index contributed by atoms with van der Waals surface area (Å²) >= 11 is 6.12. The molecule has 0 aliphatic carbocycles. The topological polar surface area (TPSA) is 191 Å². The van der Waals surface area contributed by atoms with Crippen molar-refractivity contribution in [3.8, 4) is 0 Å². The van der Waals surface area contributed by atoms with Gasteiger partial charge in [0.1, 0.15) is 18.1 Å². The fourth-order valence-electron chi connectivity index (χ4n) is 4.10. The normalized spacial score (nSPS) is 28.5. The predicted octanol–water partition coefficient (Wildman–Crippen LogP) is 0.495. The van der Waals surface area contributed by atoms with Crippen molar-refractivity contribution in [3.05, 3.63) is 11.6 Å². The van der Waals surface area contributed by atoms with E-state index >= 15 is 0 Å². The molecule has 2 fully saturated rings. The van der Waals surface area contributed by atoms with Crippen LogP contribution in [-0.4, -0.2) is 87.9 Å². The summed E-state index contributed by atoms with van der Waals surface area (Å²) in [6.07, 6.45) is -2.21. The van der Waals surface area contributed by atoms with Gasteiger partial charge in [-0.2, -0.15) is 9.97 Å². The maximum atomic E-state index is 12.1. The van der Waals surface area contributed by atoms with Crippen LogP contribution in [0.2, 0.25) is 5.28 Å². The maximum absolute atomic E-state index is 12.1. The van der Waals surface area contributed by atoms with Crippen LogP contribution >= 0.6 is 26.6 Å². The molecule has 0 saturated carbocycles. The lowest BCUT2D eigenvalue weighted by Crippen LogP contribution is -2.32. The molecule has 5 N–H and O–H groups in total. The monoisotopic (exact) mass is 511 g/mol. The van der Waals surface area contributed by atoms with E-state index in [9.17, 15) is 24.2 Å². The molecule has 0 radical (unpaired) electrons. The van der Waals surface area contributed by atoms with Crippen LogP contribution in [0.15, 0.2) is 6.33 Å². The first kappa shape index (κ1) is 24.0. The molecule has 4 heterocycles. The van der Waals surface area contributed by atoms with Crippen LogP contribution in [0.3, 0.4) is 0 Å². The zero-order valence-corrected chi connectivity index (χ0v) is 19.4. The number of aromatic nitrogens is 4. The molecular formula is C16H24ClN5O8P2. The molecule has 2 aromatic rings. The molecule has 2 aliphatic heterocycles. The molecule has 32 heavy (non-hydrogen) atoms. The van der Waals surface area contributed by atoms with Crippen LogP contribution in [0.25, 0.3) is 11.2 Å². The molecule has 0 aromatic carbocycles. The molecular weight excluding hydrogens is 488 g/mol. The number of halogens is 1. The highest BCUT2D eigenvalue weighted by Crippen LogP contribution is 2.55. The van der Waals surface area contributed by atoms with Crippen molar-refractivity contribution >= 4 is 43.5 Å². The standard InChI is InChI=1S/C16H24ClN5O8P2/c17-16-19-13(21-4-1-2-5-21)10-14(20-16)22(7-18-10)15-12(24)11(23)9(30-15)3-6-31(25,26)8-32(27,28)29/h7,9,11-12,15,23-24H,1-6,8H2,(H,25,26)(H2,27,28,29)/t9-,11?,12?,15-/m1/s1. The van der Waals surface area contributed by atoms with Gasteiger partial charge in [-0.05, 0) is 30.9 Å². The van der Waals surface area contributed by atoms with E-state index in [1.807, 2.05) is 4.90 Å². The Morgan fingerprint density at radius 2 is 1.81 bits per heavy atom. The Balaban J connectivity index is 1.55. The van der Waals surface area contributed by atoms with Crippen LogP contribution in [0, 0.1) is 0 Å². The predicted molar refractivity (Wildman–Crippen MR) is 114 cm³/mol. The zero-order chi connectivity index (χ0) is 23.3. The summed E-state index contributed by atoms with van der Waals surface area (Å²) in [5, 5.41) is 21.0. The molecule has 4 rings (SSSR count). The highest BCUT2D eigenvalue weighted by Gasteiger charge is 2.45. The van der Waals surface area contributed by atoms with Gasteiger partial charge in [0.2, 0.25) is 12.7 Å². The van der Waals surface area contributed by atoms with Crippen LogP contribution < -0.4 is 4.90 Å². The lowest BCUT2D eigenvalue weighted by Gasteiger charge is -2.19. The third-order valence-electron chi connectivity index (χ3n) is 5.56. The number of ether oxygens (including phenoxy) is 1. The highest BCUT2D eigenvalue weighted by atomic mass is 35.5. The number of aliphatic hydroxyl groups is 2. The van der Waals surface area contributed by atoms with Crippen LogP contribution in [0.4, 0.5) is 5.82 Å². The summed E-state index contributed by atoms with van der Waals surface area (Å²) < 4.78 is 30.3. The summed E-state index contributed by atoms with van der Waals surface area (Å²) in [4.78, 5) is 42.6. The average Bonchev–Trinajstić information content (AvgIpc) is 3.39. The number of imidazole rings is 1. The van der Waals surface area contributed by atoms with E-state index in [0.29, 0.717) is 17.0 Å². The Morgan fingerprint density at radius 1 is 1.12 bits per heavy atom. The van der Waals surface area contributed by atoms with Gasteiger partial charge in [0.05, 0.1) is 12.4 Å². The smallest absolute Gasteiger partial charge is 0.335 e. The second kappa shape index (κ2) is 8.90. The largest absolute Gasteiger partial charge is 0.388 e. The molecule has 5 atom stereocenters. The van der Waals surface area contributed by atoms with Gasteiger partial charge in [0.15, 0.2) is 23.2 Å². The van der Waals surface area contributed by atoms with Crippen molar-refractivity contribution in [2.45, 2.75) is 43.8 Å². The first-order valence-electron chi connectivity index (χ1n) is 9.97. The van der Waals surface area contributed by atoms with Crippen molar-refractivity contribution in [2.75, 3.05) is 30.1 Å². The van der Waals surface area contributed by atoms with Gasteiger partial charge in [-0.3, -0.25) is 13.7 Å². The van der Waals surface area contributed by atoms with Crippen LogP contribution in [-0.2, 0) is 13.9 Å². The summed E-state index contributed by atoms with van der Waals surface area (Å²) in [5.74, 6) is -0.588. The highest BCUT2D eigenvalue weighted by molar-refractivity contribution is 7.72. The van der Waals surface area contributed by atoms with Gasteiger partial charge in [0.25, 0.3) is 0 Å². The summed E-state index contributed by atoms with van der Waals surface area (Å²) in [7, 11) is -8.84. The molecule has 178 valence electrons. The van der Waals surface area contributed by atoms with Crippen molar-refractivity contribution in [3.63, 3.8) is 0 Å². The van der Waals surface area contributed by atoms with Crippen molar-refractivity contribution in [1.29, 1.82) is 0 Å². The first-order chi connectivity index (χ1) is 15.0. The average molecular weight is 512 g/mol. The summed E-state index contributed by atoms with van der Waals surface area (Å²) in [5.41, 5.74) is 0.768. The molecule has 0 bridgehead atoms. The fourth-order valence-corrected chi connectivity index (χ4v) is 7.78. The van der Waals surface area contributed by atoms with Crippen molar-refractivity contribution < 1.29 is 38.8 Å². The van der Waals surface area contributed by atoms with E-state index in [2.05, 4.69) is 15.0 Å². The molecule has 2 saturated heterocycles. The maximum Gasteiger partial charge on any atom is 0.335 e. The summed E-state index contributed by atoms with van der Waals surface area (Å²) in [6.45, 7) is 1.60. The molecule has 0 amide bonds. The van der Waals surface area contributed by atoms with E-state index in [4.69, 9.17) is 26.1 Å². The zero-order valence-electron chi connectivity index (χ0n) is 16.8. The lowest BCUT2D eigenvalue weighted by atomic mass is 10.1. The Bertz CT molecular complexity index is 1090. The molecule has 2 aliphatic rings. The number of anilines is 1. The minimum atomic E-state index is -4.68. The number of hydrogen-bond donors (Lipinski definition) is 5. The van der Waals surface area contributed by atoms with E-state index in [1.165, 1.54) is 10.9 Å². The minimum Gasteiger partial charge on any atom is -0.388 e. The first-order valence-corrected chi connectivity index (χ1v) is 14.2. The molecule has 3 unspecified atom stereocenters. The molecule has 0 spiro atoms. The van der Waals surface area contributed by atoms with Crippen LogP contribution in [0.5, 0.6) is 0 Å². The van der Waals surface area contributed by atoms with E-state index in [1.54, 1.807) is 0 Å². The van der Waals surface area contributed by atoms with Gasteiger partial charge >= 0.3 is 7.60 Å². The quantitative estimate of drug-likeness (QED) is 0.256. The van der Waals surface area contributed by atoms with Crippen molar-refractivity contribution in [1.82, 2.24) is 19.5 Å². The number of fused-ring (bicyclic) bond motifs is 1. The van der Waals surface area contributed by atoms with Gasteiger partial charge in [0, 0.05) is 19.3 Å². The van der Waals surface area contributed by atoms with Gasteiger partial charge in [-0.15, -0.1) is 0 Å². The molecule has 2 aromatic heterocycles. The number of aliphatic hydroxyl groups excluding tert-OH is 2. The Hall–Kier alpha value is -1.14. The molecule has 16 heteroatoms. The Kier molecular flexibility index (Phi) is 6.68. The second-order valence-electron chi connectivity index (χ2n) is 8.05. The van der Waals surface area contributed by atoms with Gasteiger partial charge < -0.3 is 34.5 Å². The minimum absolute atomic E-state index is 0.00982. The van der Waals surface area contributed by atoms with E-state index in [-0.39, 0.29) is 11.7 Å². The SMILES string of the molecule is O=P(O)(O)CP(=O)(O)CC[C@H]1O[C@@H](n2cnc3c(N4CCCC4)nc(Cl)nc32)C(O)C1O. The van der Waals surface area contributed by atoms with Crippen molar-refractivity contribution in [2.24, 2.45) is 0 Å². The van der Waals surface area contributed by atoms with E-state index < -0.39 is 51.6 Å². The molecule has 13 nitrogen and oxygen atoms in total. The van der Waals surface area contributed by atoms with Crippen LogP contribution in [0.1, 0.15) is 25.5 Å². The number of hydrogen-bond acceptors (Lipinski definition) is 9.